The molecule has 6 heteroatoms. The first kappa shape index (κ1) is 20.7. The standard InChI is InChI=1S/C27H30FN3O2/c28-20-7-8-24-22(11-20)18(13-29-24)3-1-2-10-31(15-17-4-5-17)21-12-23-25(33-16-21)9-6-19-14-30-27(32)26(19)23/h6-9,11,13,17,21,29H,1-5,10,12,14-16H2,(H,30,32). The highest BCUT2D eigenvalue weighted by Gasteiger charge is 2.34. The Morgan fingerprint density at radius 1 is 1.15 bits per heavy atom. The number of fused-ring (bicyclic) bond motifs is 4. The van der Waals surface area contributed by atoms with E-state index in [4.69, 9.17) is 4.74 Å². The van der Waals surface area contributed by atoms with Crippen molar-refractivity contribution in [3.63, 3.8) is 0 Å². The fourth-order valence-electron chi connectivity index (χ4n) is 5.47. The van der Waals surface area contributed by atoms with Crippen LogP contribution >= 0.6 is 0 Å². The van der Waals surface area contributed by atoms with E-state index >= 15 is 0 Å². The molecule has 2 aromatic carbocycles. The van der Waals surface area contributed by atoms with Crippen LogP contribution in [0.1, 0.15) is 52.7 Å². The summed E-state index contributed by atoms with van der Waals surface area (Å²) in [4.78, 5) is 18.3. The van der Waals surface area contributed by atoms with Crippen LogP contribution in [0.4, 0.5) is 4.39 Å². The number of aromatic amines is 1. The number of halogens is 1. The Kier molecular flexibility index (Phi) is 5.33. The average Bonchev–Trinajstić information content (AvgIpc) is 3.44. The Morgan fingerprint density at radius 2 is 2.06 bits per heavy atom. The molecule has 33 heavy (non-hydrogen) atoms. The van der Waals surface area contributed by atoms with E-state index in [1.165, 1.54) is 24.5 Å². The molecule has 0 bridgehead atoms. The second-order valence-electron chi connectivity index (χ2n) is 9.83. The molecule has 3 aromatic rings. The lowest BCUT2D eigenvalue weighted by Gasteiger charge is -2.36. The topological polar surface area (TPSA) is 57.4 Å². The lowest BCUT2D eigenvalue weighted by Crippen LogP contribution is -2.45. The van der Waals surface area contributed by atoms with E-state index in [9.17, 15) is 9.18 Å². The number of nitrogens with zero attached hydrogens (tertiary/aromatic N) is 1. The molecule has 1 fully saturated rings. The molecule has 0 saturated heterocycles. The molecular formula is C27H30FN3O2. The third kappa shape index (κ3) is 4.12. The van der Waals surface area contributed by atoms with Gasteiger partial charge in [0.25, 0.3) is 5.91 Å². The van der Waals surface area contributed by atoms with Crippen molar-refractivity contribution in [1.82, 2.24) is 15.2 Å². The zero-order valence-electron chi connectivity index (χ0n) is 18.8. The molecule has 172 valence electrons. The predicted octanol–water partition coefficient (Wildman–Crippen LogP) is 4.59. The number of rotatable bonds is 8. The number of hydrogen-bond donors (Lipinski definition) is 2. The Balaban J connectivity index is 1.12. The van der Waals surface area contributed by atoms with Crippen LogP contribution in [0.3, 0.4) is 0 Å². The fourth-order valence-corrected chi connectivity index (χ4v) is 5.47. The van der Waals surface area contributed by atoms with Gasteiger partial charge in [0, 0.05) is 41.8 Å². The molecule has 5 nitrogen and oxygen atoms in total. The number of H-pyrrole nitrogens is 1. The first-order valence-electron chi connectivity index (χ1n) is 12.2. The van der Waals surface area contributed by atoms with Gasteiger partial charge in [0.2, 0.25) is 0 Å². The van der Waals surface area contributed by atoms with Gasteiger partial charge < -0.3 is 15.0 Å². The summed E-state index contributed by atoms with van der Waals surface area (Å²) >= 11 is 0. The van der Waals surface area contributed by atoms with Gasteiger partial charge in [-0.3, -0.25) is 9.69 Å². The number of carbonyl (C=O) groups is 1. The Labute approximate surface area is 193 Å². The molecule has 2 N–H and O–H groups in total. The lowest BCUT2D eigenvalue weighted by molar-refractivity contribution is 0.0954. The SMILES string of the molecule is O=C1NCc2ccc3c(c21)CC(N(CCCCc1c[nH]c2ccc(F)cc12)CC1CC1)CO3. The summed E-state index contributed by atoms with van der Waals surface area (Å²) in [6, 6.07) is 9.29. The summed E-state index contributed by atoms with van der Waals surface area (Å²) in [6.07, 6.45) is 8.62. The summed E-state index contributed by atoms with van der Waals surface area (Å²) in [6.45, 7) is 3.44. The first-order valence-corrected chi connectivity index (χ1v) is 12.2. The van der Waals surface area contributed by atoms with E-state index in [0.717, 1.165) is 78.0 Å². The molecule has 6 rings (SSSR count). The highest BCUT2D eigenvalue weighted by molar-refractivity contribution is 6.00. The molecule has 2 aliphatic heterocycles. The van der Waals surface area contributed by atoms with Crippen molar-refractivity contribution >= 4 is 16.8 Å². The van der Waals surface area contributed by atoms with Gasteiger partial charge in [-0.25, -0.2) is 4.39 Å². The van der Waals surface area contributed by atoms with Gasteiger partial charge in [-0.05, 0) is 86.4 Å². The highest BCUT2D eigenvalue weighted by atomic mass is 19.1. The van der Waals surface area contributed by atoms with Gasteiger partial charge in [-0.2, -0.15) is 0 Å². The first-order chi connectivity index (χ1) is 16.2. The summed E-state index contributed by atoms with van der Waals surface area (Å²) in [5.41, 5.74) is 5.20. The van der Waals surface area contributed by atoms with Crippen LogP contribution in [-0.2, 0) is 19.4 Å². The molecule has 1 amide bonds. The zero-order valence-corrected chi connectivity index (χ0v) is 18.8. The van der Waals surface area contributed by atoms with Crippen LogP contribution in [0, 0.1) is 11.7 Å². The number of amides is 1. The maximum atomic E-state index is 13.7. The molecule has 1 saturated carbocycles. The molecule has 1 aliphatic carbocycles. The molecule has 3 aliphatic rings. The smallest absolute Gasteiger partial charge is 0.252 e. The van der Waals surface area contributed by atoms with Crippen molar-refractivity contribution in [2.45, 2.75) is 51.1 Å². The zero-order chi connectivity index (χ0) is 22.4. The van der Waals surface area contributed by atoms with Gasteiger partial charge in [0.05, 0.1) is 5.56 Å². The minimum absolute atomic E-state index is 0.0370. The largest absolute Gasteiger partial charge is 0.492 e. The normalized spacial score (nSPS) is 19.5. The van der Waals surface area contributed by atoms with Gasteiger partial charge in [0.15, 0.2) is 0 Å². The second-order valence-corrected chi connectivity index (χ2v) is 9.83. The lowest BCUT2D eigenvalue weighted by atomic mass is 9.93. The summed E-state index contributed by atoms with van der Waals surface area (Å²) in [5.74, 6) is 1.53. The average molecular weight is 448 g/mol. The van der Waals surface area contributed by atoms with Crippen molar-refractivity contribution in [1.29, 1.82) is 0 Å². The highest BCUT2D eigenvalue weighted by Crippen LogP contribution is 2.36. The fraction of sp³-hybridized carbons (Fsp3) is 0.444. The second kappa shape index (κ2) is 8.49. The minimum atomic E-state index is -0.184. The molecule has 3 heterocycles. The van der Waals surface area contributed by atoms with E-state index in [0.29, 0.717) is 19.2 Å². The number of aromatic nitrogens is 1. The van der Waals surface area contributed by atoms with Crippen molar-refractivity contribution < 1.29 is 13.9 Å². The maximum Gasteiger partial charge on any atom is 0.252 e. The third-order valence-electron chi connectivity index (χ3n) is 7.47. The number of carbonyl (C=O) groups excluding carboxylic acids is 1. The van der Waals surface area contributed by atoms with E-state index in [1.54, 1.807) is 6.07 Å². The quantitative estimate of drug-likeness (QED) is 0.497. The molecule has 0 radical (unpaired) electrons. The monoisotopic (exact) mass is 447 g/mol. The summed E-state index contributed by atoms with van der Waals surface area (Å²) in [7, 11) is 0. The molecule has 1 atom stereocenters. The maximum absolute atomic E-state index is 13.7. The van der Waals surface area contributed by atoms with Crippen molar-refractivity contribution in [3.05, 3.63) is 64.6 Å². The van der Waals surface area contributed by atoms with Crippen LogP contribution in [0.15, 0.2) is 36.5 Å². The van der Waals surface area contributed by atoms with E-state index in [1.807, 2.05) is 24.4 Å². The minimum Gasteiger partial charge on any atom is -0.492 e. The Hall–Kier alpha value is -2.86. The van der Waals surface area contributed by atoms with Crippen molar-refractivity contribution in [2.75, 3.05) is 19.7 Å². The van der Waals surface area contributed by atoms with Crippen LogP contribution in [0.25, 0.3) is 10.9 Å². The van der Waals surface area contributed by atoms with E-state index < -0.39 is 0 Å². The van der Waals surface area contributed by atoms with Crippen LogP contribution < -0.4 is 10.1 Å². The van der Waals surface area contributed by atoms with Crippen molar-refractivity contribution in [3.8, 4) is 5.75 Å². The third-order valence-corrected chi connectivity index (χ3v) is 7.47. The molecule has 1 unspecified atom stereocenters. The molecule has 0 spiro atoms. The molecule has 1 aromatic heterocycles. The summed E-state index contributed by atoms with van der Waals surface area (Å²) < 4.78 is 19.8. The van der Waals surface area contributed by atoms with Crippen molar-refractivity contribution in [2.24, 2.45) is 5.92 Å². The predicted molar refractivity (Wildman–Crippen MR) is 126 cm³/mol. The van der Waals surface area contributed by atoms with Gasteiger partial charge in [-0.15, -0.1) is 0 Å². The van der Waals surface area contributed by atoms with E-state index in [2.05, 4.69) is 15.2 Å². The Morgan fingerprint density at radius 3 is 2.94 bits per heavy atom. The van der Waals surface area contributed by atoms with E-state index in [-0.39, 0.29) is 11.7 Å². The van der Waals surface area contributed by atoms with Crippen LogP contribution in [0.5, 0.6) is 5.75 Å². The Bertz CT molecular complexity index is 1200. The number of ether oxygens (including phenoxy) is 1. The molecular weight excluding hydrogens is 417 g/mol. The van der Waals surface area contributed by atoms with Crippen LogP contribution in [-0.4, -0.2) is 41.5 Å². The summed E-state index contributed by atoms with van der Waals surface area (Å²) in [5, 5.41) is 3.95. The number of hydrogen-bond acceptors (Lipinski definition) is 3. The van der Waals surface area contributed by atoms with Gasteiger partial charge in [0.1, 0.15) is 18.2 Å². The number of benzene rings is 2. The number of unbranched alkanes of at least 4 members (excludes halogenated alkanes) is 1. The van der Waals surface area contributed by atoms with Gasteiger partial charge in [-0.1, -0.05) is 6.07 Å². The number of aryl methyl sites for hydroxylation is 1. The number of nitrogens with one attached hydrogen (secondary N) is 2. The van der Waals surface area contributed by atoms with Crippen LogP contribution in [0.2, 0.25) is 0 Å². The van der Waals surface area contributed by atoms with Gasteiger partial charge >= 0.3 is 0 Å².